The van der Waals surface area contributed by atoms with Crippen LogP contribution in [0.15, 0.2) is 12.3 Å². The molecule has 0 atom stereocenters. The molecule has 1 aliphatic heterocycles. The third-order valence-electron chi connectivity index (χ3n) is 5.12. The predicted octanol–water partition coefficient (Wildman–Crippen LogP) is 1.89. The molecule has 0 saturated carbocycles. The molecule has 14 heteroatoms. The number of rotatable bonds is 4. The minimum absolute atomic E-state index is 0.0899. The maximum absolute atomic E-state index is 11.5. The number of methoxy groups -OCH3 is 2. The molecule has 0 unspecified atom stereocenters. The van der Waals surface area contributed by atoms with Gasteiger partial charge in [-0.15, -0.1) is 0 Å². The maximum Gasteiger partial charge on any atom is 0.378 e. The predicted molar refractivity (Wildman–Crippen MR) is 111 cm³/mol. The zero-order valence-corrected chi connectivity index (χ0v) is 17.6. The number of nitrogens with one attached hydrogen (secondary N) is 2. The van der Waals surface area contributed by atoms with E-state index in [-0.39, 0.29) is 23.0 Å². The Labute approximate surface area is 180 Å². The van der Waals surface area contributed by atoms with Crippen molar-refractivity contribution in [3.63, 3.8) is 0 Å². The van der Waals surface area contributed by atoms with Crippen LogP contribution in [0.1, 0.15) is 26.5 Å². The Bertz CT molecular complexity index is 1250. The largest absolute Gasteiger partial charge is 0.463 e. The highest BCUT2D eigenvalue weighted by Gasteiger charge is 2.36. The van der Waals surface area contributed by atoms with Crippen LogP contribution in [0.4, 0.5) is 17.3 Å². The number of hydrogen-bond acceptors (Lipinski definition) is 9. The Hall–Kier alpha value is -4.36. The summed E-state index contributed by atoms with van der Waals surface area (Å²) < 4.78 is 11.7. The molecule has 170 valence electrons. The summed E-state index contributed by atoms with van der Waals surface area (Å²) in [5.74, 6) is -1.39. The van der Waals surface area contributed by atoms with Crippen molar-refractivity contribution in [3.8, 4) is 0 Å². The number of aromatic nitrogens is 3. The van der Waals surface area contributed by atoms with Crippen molar-refractivity contribution in [1.82, 2.24) is 14.1 Å². The molecular weight excluding hydrogens is 428 g/mol. The van der Waals surface area contributed by atoms with E-state index in [1.165, 1.54) is 37.4 Å². The van der Waals surface area contributed by atoms with E-state index in [2.05, 4.69) is 19.8 Å². The number of H-pyrrole nitrogens is 1. The van der Waals surface area contributed by atoms with Gasteiger partial charge in [0.05, 0.1) is 33.7 Å². The van der Waals surface area contributed by atoms with Gasteiger partial charge in [0.2, 0.25) is 11.4 Å². The first-order chi connectivity index (χ1) is 15.1. The van der Waals surface area contributed by atoms with Crippen LogP contribution >= 0.6 is 0 Å². The molecular formula is C18H20N6O8. The van der Waals surface area contributed by atoms with Crippen molar-refractivity contribution in [2.45, 2.75) is 6.42 Å². The second-order valence-corrected chi connectivity index (χ2v) is 6.76. The highest BCUT2D eigenvalue weighted by molar-refractivity contribution is 6.06. The van der Waals surface area contributed by atoms with E-state index in [4.69, 9.17) is 0 Å². The molecule has 0 spiro atoms. The summed E-state index contributed by atoms with van der Waals surface area (Å²) >= 11 is 0. The van der Waals surface area contributed by atoms with Gasteiger partial charge < -0.3 is 40.0 Å². The van der Waals surface area contributed by atoms with Gasteiger partial charge in [-0.05, 0) is 22.3 Å². The number of hydrogen-bond donors (Lipinski definition) is 2. The summed E-state index contributed by atoms with van der Waals surface area (Å²) in [4.78, 5) is 46.5. The van der Waals surface area contributed by atoms with Crippen LogP contribution in [0.5, 0.6) is 0 Å². The van der Waals surface area contributed by atoms with Gasteiger partial charge >= 0.3 is 23.6 Å². The first kappa shape index (κ1) is 22.3. The van der Waals surface area contributed by atoms with Gasteiger partial charge in [-0.2, -0.15) is 0 Å². The maximum atomic E-state index is 11.5. The number of anilines is 1. The average molecular weight is 448 g/mol. The second-order valence-electron chi connectivity index (χ2n) is 6.76. The fraction of sp³-hybridized carbons (Fsp3) is 0.333. The first-order valence-corrected chi connectivity index (χ1v) is 9.22. The van der Waals surface area contributed by atoms with Crippen LogP contribution in [0.25, 0.3) is 10.9 Å². The van der Waals surface area contributed by atoms with Crippen LogP contribution < -0.4 is 5.32 Å². The Morgan fingerprint density at radius 2 is 1.56 bits per heavy atom. The minimum Gasteiger partial charge on any atom is -0.463 e. The van der Waals surface area contributed by atoms with E-state index in [0.717, 1.165) is 0 Å². The molecule has 1 aliphatic rings. The van der Waals surface area contributed by atoms with Gasteiger partial charge in [-0.25, -0.2) is 18.7 Å². The topological polar surface area (TPSA) is 177 Å². The van der Waals surface area contributed by atoms with Crippen LogP contribution in [-0.4, -0.2) is 56.7 Å². The Kier molecular flexibility index (Phi) is 5.87. The number of ether oxygens (including phenoxy) is 2. The number of fused-ring (bicyclic) bond motifs is 2. The van der Waals surface area contributed by atoms with Crippen molar-refractivity contribution < 1.29 is 28.9 Å². The van der Waals surface area contributed by atoms with Gasteiger partial charge in [0.25, 0.3) is 0 Å². The number of carbonyl (C=O) groups is 2. The fourth-order valence-electron chi connectivity index (χ4n) is 3.80. The zero-order chi connectivity index (χ0) is 23.7. The zero-order valence-electron chi connectivity index (χ0n) is 17.6. The van der Waals surface area contributed by atoms with Gasteiger partial charge in [0, 0.05) is 18.3 Å². The summed E-state index contributed by atoms with van der Waals surface area (Å²) in [5, 5.41) is 25.2. The molecule has 0 saturated heterocycles. The molecule has 3 aromatic rings. The van der Waals surface area contributed by atoms with Crippen molar-refractivity contribution in [2.24, 2.45) is 14.1 Å². The van der Waals surface area contributed by atoms with Crippen molar-refractivity contribution >= 4 is 40.2 Å². The normalized spacial score (nSPS) is 11.9. The molecule has 0 amide bonds. The summed E-state index contributed by atoms with van der Waals surface area (Å²) in [7, 11) is 5.44. The summed E-state index contributed by atoms with van der Waals surface area (Å²) in [6, 6.07) is 1.61. The first-order valence-electron chi connectivity index (χ1n) is 9.22. The fourth-order valence-corrected chi connectivity index (χ4v) is 3.80. The molecule has 0 fully saturated rings. The van der Waals surface area contributed by atoms with Crippen molar-refractivity contribution in [3.05, 3.63) is 49.4 Å². The molecule has 14 nitrogen and oxygen atoms in total. The van der Waals surface area contributed by atoms with Crippen molar-refractivity contribution in [2.75, 3.05) is 26.1 Å². The van der Waals surface area contributed by atoms with Gasteiger partial charge in [-0.3, -0.25) is 0 Å². The lowest BCUT2D eigenvalue weighted by Crippen LogP contribution is -2.12. The lowest BCUT2D eigenvalue weighted by atomic mass is 10.2. The van der Waals surface area contributed by atoms with Crippen molar-refractivity contribution in [1.29, 1.82) is 0 Å². The summed E-state index contributed by atoms with van der Waals surface area (Å²) in [6.45, 7) is 0.607. The Morgan fingerprint density at radius 1 is 1.00 bits per heavy atom. The van der Waals surface area contributed by atoms with Crippen LogP contribution in [0.3, 0.4) is 0 Å². The quantitative estimate of drug-likeness (QED) is 0.343. The highest BCUT2D eigenvalue weighted by atomic mass is 16.6. The van der Waals surface area contributed by atoms with Gasteiger partial charge in [0.15, 0.2) is 0 Å². The molecule has 0 radical (unpaired) electrons. The molecule has 4 rings (SSSR count). The third-order valence-corrected chi connectivity index (χ3v) is 5.12. The number of carbonyl (C=O) groups excluding carboxylic acids is 2. The highest BCUT2D eigenvalue weighted by Crippen LogP contribution is 2.37. The number of esters is 2. The van der Waals surface area contributed by atoms with E-state index in [1.54, 1.807) is 12.3 Å². The molecule has 0 aromatic carbocycles. The van der Waals surface area contributed by atoms with E-state index in [0.29, 0.717) is 35.1 Å². The molecule has 2 N–H and O–H groups in total. The monoisotopic (exact) mass is 448 g/mol. The molecule has 3 aromatic heterocycles. The third kappa shape index (κ3) is 3.40. The number of nitro groups is 2. The molecule has 32 heavy (non-hydrogen) atoms. The Morgan fingerprint density at radius 3 is 2.12 bits per heavy atom. The number of nitrogens with zero attached hydrogens (tertiary/aromatic N) is 4. The van der Waals surface area contributed by atoms with E-state index < -0.39 is 21.8 Å². The van der Waals surface area contributed by atoms with E-state index in [9.17, 15) is 29.8 Å². The van der Waals surface area contributed by atoms with Crippen LogP contribution in [0, 0.1) is 20.2 Å². The van der Waals surface area contributed by atoms with Crippen LogP contribution in [0.2, 0.25) is 0 Å². The van der Waals surface area contributed by atoms with E-state index in [1.807, 2.05) is 0 Å². The standard InChI is InChI=1S/C9H11N3O4.C9H9N3O4/c2*1-11-7(9(13)16-2)5-3-4-10-6(5)8(11)12(14)15/h10H,3-4H2,1-2H3;3-4,10H,1-2H3. The smallest absolute Gasteiger partial charge is 0.378 e. The lowest BCUT2D eigenvalue weighted by Gasteiger charge is -2.01. The second kappa shape index (κ2) is 8.41. The molecule has 0 aliphatic carbocycles. The summed E-state index contributed by atoms with van der Waals surface area (Å²) in [6.07, 6.45) is 2.14. The summed E-state index contributed by atoms with van der Waals surface area (Å²) in [5.41, 5.74) is 1.86. The van der Waals surface area contributed by atoms with Gasteiger partial charge in [-0.1, -0.05) is 0 Å². The number of aromatic amines is 1. The SMILES string of the molecule is COC(=O)c1c2c(c([N+](=O)[O-])n1C)NCC2.COC(=O)c1c2cc[nH]c2c([N+](=O)[O-])n1C. The molecule has 4 heterocycles. The molecule has 0 bridgehead atoms. The average Bonchev–Trinajstić information content (AvgIpc) is 3.47. The van der Waals surface area contributed by atoms with Crippen LogP contribution in [-0.2, 0) is 30.0 Å². The lowest BCUT2D eigenvalue weighted by molar-refractivity contribution is -0.390. The van der Waals surface area contributed by atoms with Gasteiger partial charge in [0.1, 0.15) is 11.2 Å². The Balaban J connectivity index is 0.000000181. The van der Waals surface area contributed by atoms with E-state index >= 15 is 0 Å². The minimum atomic E-state index is -0.597.